The van der Waals surface area contributed by atoms with E-state index in [1.165, 1.54) is 11.1 Å². The van der Waals surface area contributed by atoms with Gasteiger partial charge in [0, 0.05) is 6.54 Å². The number of halogens is 1. The van der Waals surface area contributed by atoms with Crippen molar-refractivity contribution in [3.8, 4) is 11.5 Å². The maximum atomic E-state index is 10.3. The van der Waals surface area contributed by atoms with Gasteiger partial charge in [0.05, 0.1) is 0 Å². The summed E-state index contributed by atoms with van der Waals surface area (Å²) in [6, 6.07) is 15.3. The summed E-state index contributed by atoms with van der Waals surface area (Å²) < 4.78 is 0. The zero-order valence-corrected chi connectivity index (χ0v) is 16.3. The summed E-state index contributed by atoms with van der Waals surface area (Å²) in [6.07, 6.45) is 4.14. The maximum Gasteiger partial charge on any atom is 0.119 e. The molecule has 0 saturated heterocycles. The van der Waals surface area contributed by atoms with Crippen LogP contribution in [-0.4, -0.2) is 35.8 Å². The molecule has 2 aromatic carbocycles. The van der Waals surface area contributed by atoms with Gasteiger partial charge in [-0.25, -0.2) is 0 Å². The lowest BCUT2D eigenvalue weighted by atomic mass is 9.86. The lowest BCUT2D eigenvalue weighted by Gasteiger charge is -2.20. The number of para-hydroxylation sites is 1. The van der Waals surface area contributed by atoms with Crippen molar-refractivity contribution >= 4 is 18.0 Å². The molecule has 0 aliphatic heterocycles. The Balaban J connectivity index is 0.00000243. The highest BCUT2D eigenvalue weighted by Gasteiger charge is 2.23. The third-order valence-electron chi connectivity index (χ3n) is 4.99. The number of rotatable bonds is 4. The number of benzene rings is 2. The quantitative estimate of drug-likeness (QED) is 0.774. The van der Waals surface area contributed by atoms with Crippen LogP contribution in [0.3, 0.4) is 0 Å². The first kappa shape index (κ1) is 20.3. The minimum atomic E-state index is 0. The van der Waals surface area contributed by atoms with Gasteiger partial charge in [-0.05, 0) is 80.6 Å². The van der Waals surface area contributed by atoms with Gasteiger partial charge in [-0.3, -0.25) is 0 Å². The summed E-state index contributed by atoms with van der Waals surface area (Å²) in [6.45, 7) is 0.929. The lowest BCUT2D eigenvalue weighted by Crippen LogP contribution is -2.16. The summed E-state index contributed by atoms with van der Waals surface area (Å²) in [7, 11) is 4.19. The first-order chi connectivity index (χ1) is 12.0. The summed E-state index contributed by atoms with van der Waals surface area (Å²) in [5.41, 5.74) is 4.88. The minimum absolute atomic E-state index is 0. The van der Waals surface area contributed by atoms with E-state index in [9.17, 15) is 10.2 Å². The molecule has 0 saturated carbocycles. The number of aromatic hydroxyl groups is 2. The molecule has 0 amide bonds. The Morgan fingerprint density at radius 3 is 2.50 bits per heavy atom. The van der Waals surface area contributed by atoms with E-state index in [0.29, 0.717) is 17.4 Å². The van der Waals surface area contributed by atoms with E-state index in [1.54, 1.807) is 12.1 Å². The van der Waals surface area contributed by atoms with Gasteiger partial charge >= 0.3 is 0 Å². The summed E-state index contributed by atoms with van der Waals surface area (Å²) in [4.78, 5) is 2.21. The highest BCUT2D eigenvalue weighted by molar-refractivity contribution is 5.85. The van der Waals surface area contributed by atoms with Crippen molar-refractivity contribution in [3.63, 3.8) is 0 Å². The van der Waals surface area contributed by atoms with Crippen molar-refractivity contribution in [1.29, 1.82) is 0 Å². The van der Waals surface area contributed by atoms with Gasteiger partial charge in [-0.2, -0.15) is 0 Å². The topological polar surface area (TPSA) is 43.7 Å². The Hall–Kier alpha value is -1.97. The predicted molar refractivity (Wildman–Crippen MR) is 110 cm³/mol. The van der Waals surface area contributed by atoms with Crippen LogP contribution in [0.5, 0.6) is 11.5 Å². The Bertz CT molecular complexity index is 770. The number of hydrogen-bond donors (Lipinski definition) is 2. The van der Waals surface area contributed by atoms with Crippen molar-refractivity contribution < 1.29 is 10.2 Å². The average molecular weight is 374 g/mol. The minimum Gasteiger partial charge on any atom is -0.508 e. The van der Waals surface area contributed by atoms with Gasteiger partial charge in [0.25, 0.3) is 0 Å². The SMILES string of the molecule is CN(C)CC1=C(c2cccc(O)c2)CC(c2ccccc2O)CCC1.Cl. The second-order valence-electron chi connectivity index (χ2n) is 7.22. The molecule has 1 aliphatic carbocycles. The zero-order chi connectivity index (χ0) is 17.8. The number of hydrogen-bond acceptors (Lipinski definition) is 3. The predicted octanol–water partition coefficient (Wildman–Crippen LogP) is 5.19. The molecule has 0 radical (unpaired) electrons. The van der Waals surface area contributed by atoms with Gasteiger partial charge in [0.1, 0.15) is 11.5 Å². The lowest BCUT2D eigenvalue weighted by molar-refractivity contribution is 0.438. The Labute approximate surface area is 162 Å². The van der Waals surface area contributed by atoms with Crippen LogP contribution in [0.1, 0.15) is 42.7 Å². The standard InChI is InChI=1S/C22H27NO2.ClH/c1-23(2)15-18-9-5-7-17(20-11-3-4-12-22(20)25)14-21(18)16-8-6-10-19(24)13-16;/h3-4,6,8,10-13,17,24-25H,5,7,9,14-15H2,1-2H3;1H. The molecule has 0 fully saturated rings. The van der Waals surface area contributed by atoms with Crippen LogP contribution in [0.2, 0.25) is 0 Å². The Morgan fingerprint density at radius 2 is 1.81 bits per heavy atom. The van der Waals surface area contributed by atoms with Crippen LogP contribution < -0.4 is 0 Å². The molecule has 26 heavy (non-hydrogen) atoms. The summed E-state index contributed by atoms with van der Waals surface area (Å²) in [5.74, 6) is 0.995. The number of phenolic OH excluding ortho intramolecular Hbond substituents is 2. The molecular weight excluding hydrogens is 346 g/mol. The smallest absolute Gasteiger partial charge is 0.119 e. The second-order valence-corrected chi connectivity index (χ2v) is 7.22. The molecule has 0 heterocycles. The maximum absolute atomic E-state index is 10.3. The van der Waals surface area contributed by atoms with Gasteiger partial charge in [0.2, 0.25) is 0 Å². The Kier molecular flexibility index (Phi) is 7.13. The largest absolute Gasteiger partial charge is 0.508 e. The van der Waals surface area contributed by atoms with Gasteiger partial charge in [-0.15, -0.1) is 12.4 Å². The fourth-order valence-corrected chi connectivity index (χ4v) is 3.88. The van der Waals surface area contributed by atoms with E-state index < -0.39 is 0 Å². The molecule has 0 bridgehead atoms. The van der Waals surface area contributed by atoms with Crippen molar-refractivity contribution in [2.24, 2.45) is 0 Å². The highest BCUT2D eigenvalue weighted by atomic mass is 35.5. The average Bonchev–Trinajstić information content (AvgIpc) is 2.77. The molecule has 3 rings (SSSR count). The summed E-state index contributed by atoms with van der Waals surface area (Å²) >= 11 is 0. The van der Waals surface area contributed by atoms with Crippen molar-refractivity contribution in [1.82, 2.24) is 4.90 Å². The molecule has 4 heteroatoms. The van der Waals surface area contributed by atoms with Crippen molar-refractivity contribution in [2.45, 2.75) is 31.6 Å². The van der Waals surface area contributed by atoms with Gasteiger partial charge in [0.15, 0.2) is 0 Å². The third-order valence-corrected chi connectivity index (χ3v) is 4.99. The molecule has 2 aromatic rings. The van der Waals surface area contributed by atoms with Crippen LogP contribution in [0, 0.1) is 0 Å². The first-order valence-electron chi connectivity index (χ1n) is 8.97. The molecule has 2 N–H and O–H groups in total. The van der Waals surface area contributed by atoms with E-state index >= 15 is 0 Å². The van der Waals surface area contributed by atoms with E-state index in [4.69, 9.17) is 0 Å². The number of likely N-dealkylation sites (N-methyl/N-ethyl adjacent to an activating group) is 1. The van der Waals surface area contributed by atoms with Crippen LogP contribution in [-0.2, 0) is 0 Å². The van der Waals surface area contributed by atoms with Crippen LogP contribution in [0.25, 0.3) is 5.57 Å². The second kappa shape index (κ2) is 9.11. The molecule has 1 atom stereocenters. The first-order valence-corrected chi connectivity index (χ1v) is 8.97. The molecule has 1 aliphatic rings. The van der Waals surface area contributed by atoms with Crippen molar-refractivity contribution in [3.05, 3.63) is 65.2 Å². The Morgan fingerprint density at radius 1 is 1.04 bits per heavy atom. The number of nitrogens with zero attached hydrogens (tertiary/aromatic N) is 1. The van der Waals surface area contributed by atoms with Crippen LogP contribution in [0.15, 0.2) is 54.1 Å². The van der Waals surface area contributed by atoms with E-state index in [1.807, 2.05) is 30.3 Å². The van der Waals surface area contributed by atoms with E-state index in [2.05, 4.69) is 25.1 Å². The van der Waals surface area contributed by atoms with Crippen LogP contribution in [0.4, 0.5) is 0 Å². The van der Waals surface area contributed by atoms with Crippen LogP contribution >= 0.6 is 12.4 Å². The normalized spacial score (nSPS) is 17.7. The molecule has 0 aromatic heterocycles. The van der Waals surface area contributed by atoms with Gasteiger partial charge < -0.3 is 15.1 Å². The number of phenols is 2. The fourth-order valence-electron chi connectivity index (χ4n) is 3.88. The molecule has 0 spiro atoms. The van der Waals surface area contributed by atoms with Crippen molar-refractivity contribution in [2.75, 3.05) is 20.6 Å². The molecule has 140 valence electrons. The highest BCUT2D eigenvalue weighted by Crippen LogP contribution is 2.42. The molecular formula is C22H28ClNO2. The van der Waals surface area contributed by atoms with E-state index in [-0.39, 0.29) is 12.4 Å². The molecule has 1 unspecified atom stereocenters. The van der Waals surface area contributed by atoms with E-state index in [0.717, 1.165) is 43.4 Å². The third kappa shape index (κ3) is 4.80. The van der Waals surface area contributed by atoms with Gasteiger partial charge in [-0.1, -0.05) is 35.9 Å². The number of allylic oxidation sites excluding steroid dienone is 1. The monoisotopic (exact) mass is 373 g/mol. The fraction of sp³-hybridized carbons (Fsp3) is 0.364. The molecule has 3 nitrogen and oxygen atoms in total. The summed E-state index contributed by atoms with van der Waals surface area (Å²) in [5, 5.41) is 20.2. The zero-order valence-electron chi connectivity index (χ0n) is 15.5.